The maximum Gasteiger partial charge on any atom is 0.319 e. The molecular formula is C8H16O4S. The van der Waals surface area contributed by atoms with E-state index in [0.29, 0.717) is 6.61 Å². The summed E-state index contributed by atoms with van der Waals surface area (Å²) in [6, 6.07) is 0. The molecule has 78 valence electrons. The van der Waals surface area contributed by atoms with Crippen molar-refractivity contribution in [1.29, 1.82) is 0 Å². The maximum absolute atomic E-state index is 11.4. The lowest BCUT2D eigenvalue weighted by Gasteiger charge is -2.15. The molecule has 0 amide bonds. The molecular weight excluding hydrogens is 192 g/mol. The second-order valence-corrected chi connectivity index (χ2v) is 4.50. The SMILES string of the molecule is CCOCS(=O)C(C(=O)O)C(C)C. The van der Waals surface area contributed by atoms with Gasteiger partial charge in [-0.25, -0.2) is 0 Å². The fourth-order valence-electron chi connectivity index (χ4n) is 0.940. The van der Waals surface area contributed by atoms with Crippen molar-refractivity contribution in [2.75, 3.05) is 12.5 Å². The first kappa shape index (κ1) is 12.6. The third-order valence-corrected chi connectivity index (χ3v) is 3.25. The molecule has 0 aromatic rings. The van der Waals surface area contributed by atoms with Crippen molar-refractivity contribution in [3.8, 4) is 0 Å². The molecule has 0 spiro atoms. The normalized spacial score (nSPS) is 15.7. The van der Waals surface area contributed by atoms with Crippen molar-refractivity contribution in [1.82, 2.24) is 0 Å². The van der Waals surface area contributed by atoms with E-state index in [4.69, 9.17) is 9.84 Å². The number of hydrogen-bond donors (Lipinski definition) is 1. The van der Waals surface area contributed by atoms with Crippen molar-refractivity contribution in [3.63, 3.8) is 0 Å². The Balaban J connectivity index is 4.21. The standard InChI is InChI=1S/C8H16O4S/c1-4-12-5-13(11)7(6(2)3)8(9)10/h6-7H,4-5H2,1-3H3,(H,9,10). The predicted molar refractivity (Wildman–Crippen MR) is 50.9 cm³/mol. The van der Waals surface area contributed by atoms with Gasteiger partial charge in [-0.3, -0.25) is 9.00 Å². The van der Waals surface area contributed by atoms with E-state index in [1.165, 1.54) is 0 Å². The number of carboxylic acids is 1. The predicted octanol–water partition coefficient (Wildman–Crippen LogP) is 0.838. The Morgan fingerprint density at radius 1 is 1.54 bits per heavy atom. The zero-order valence-electron chi connectivity index (χ0n) is 8.15. The summed E-state index contributed by atoms with van der Waals surface area (Å²) in [6.45, 7) is 5.71. The van der Waals surface area contributed by atoms with Crippen LogP contribution in [0.25, 0.3) is 0 Å². The summed E-state index contributed by atoms with van der Waals surface area (Å²) < 4.78 is 16.3. The molecule has 0 aliphatic rings. The highest BCUT2D eigenvalue weighted by molar-refractivity contribution is 7.86. The van der Waals surface area contributed by atoms with Gasteiger partial charge in [0, 0.05) is 6.61 Å². The van der Waals surface area contributed by atoms with Crippen molar-refractivity contribution in [3.05, 3.63) is 0 Å². The van der Waals surface area contributed by atoms with E-state index in [-0.39, 0.29) is 11.9 Å². The van der Waals surface area contributed by atoms with Gasteiger partial charge in [-0.2, -0.15) is 0 Å². The third-order valence-electron chi connectivity index (χ3n) is 1.54. The van der Waals surface area contributed by atoms with Crippen LogP contribution in [-0.4, -0.2) is 33.1 Å². The third kappa shape index (κ3) is 4.38. The largest absolute Gasteiger partial charge is 0.480 e. The number of carbonyl (C=O) groups is 1. The zero-order chi connectivity index (χ0) is 10.4. The van der Waals surface area contributed by atoms with Crippen molar-refractivity contribution in [2.24, 2.45) is 5.92 Å². The van der Waals surface area contributed by atoms with Gasteiger partial charge >= 0.3 is 5.97 Å². The molecule has 0 aliphatic heterocycles. The van der Waals surface area contributed by atoms with Crippen LogP contribution < -0.4 is 0 Å². The first-order valence-electron chi connectivity index (χ1n) is 4.18. The highest BCUT2D eigenvalue weighted by atomic mass is 32.2. The second kappa shape index (κ2) is 6.10. The van der Waals surface area contributed by atoms with Crippen molar-refractivity contribution in [2.45, 2.75) is 26.0 Å². The first-order valence-corrected chi connectivity index (χ1v) is 5.56. The molecule has 0 rings (SSSR count). The van der Waals surface area contributed by atoms with Gasteiger partial charge in [0.1, 0.15) is 11.2 Å². The van der Waals surface area contributed by atoms with Gasteiger partial charge in [-0.15, -0.1) is 0 Å². The number of hydrogen-bond acceptors (Lipinski definition) is 3. The lowest BCUT2D eigenvalue weighted by Crippen LogP contribution is -2.32. The summed E-state index contributed by atoms with van der Waals surface area (Å²) in [4.78, 5) is 10.7. The van der Waals surface area contributed by atoms with E-state index in [1.807, 2.05) is 0 Å². The lowest BCUT2D eigenvalue weighted by atomic mass is 10.1. The summed E-state index contributed by atoms with van der Waals surface area (Å²) in [5.74, 6) is -1.15. The molecule has 0 radical (unpaired) electrons. The monoisotopic (exact) mass is 208 g/mol. The van der Waals surface area contributed by atoms with Crippen LogP contribution in [0.1, 0.15) is 20.8 Å². The highest BCUT2D eigenvalue weighted by Gasteiger charge is 2.27. The Hall–Kier alpha value is -0.420. The minimum Gasteiger partial charge on any atom is -0.480 e. The van der Waals surface area contributed by atoms with Gasteiger partial charge in [0.15, 0.2) is 0 Å². The number of carboxylic acid groups (broad SMARTS) is 1. The van der Waals surface area contributed by atoms with Crippen LogP contribution in [-0.2, 0) is 20.3 Å². The van der Waals surface area contributed by atoms with Crippen LogP contribution in [0.3, 0.4) is 0 Å². The van der Waals surface area contributed by atoms with E-state index in [1.54, 1.807) is 20.8 Å². The van der Waals surface area contributed by atoms with E-state index in [0.717, 1.165) is 0 Å². The van der Waals surface area contributed by atoms with Gasteiger partial charge < -0.3 is 9.84 Å². The van der Waals surface area contributed by atoms with Crippen molar-refractivity contribution >= 4 is 16.8 Å². The van der Waals surface area contributed by atoms with Crippen molar-refractivity contribution < 1.29 is 18.8 Å². The summed E-state index contributed by atoms with van der Waals surface area (Å²) in [5.41, 5.74) is 0. The Morgan fingerprint density at radius 2 is 2.08 bits per heavy atom. The minimum atomic E-state index is -1.44. The lowest BCUT2D eigenvalue weighted by molar-refractivity contribution is -0.137. The molecule has 4 nitrogen and oxygen atoms in total. The molecule has 0 aliphatic carbocycles. The molecule has 13 heavy (non-hydrogen) atoms. The molecule has 2 unspecified atom stereocenters. The Labute approximate surface area is 80.7 Å². The second-order valence-electron chi connectivity index (χ2n) is 2.99. The number of aliphatic carboxylic acids is 1. The highest BCUT2D eigenvalue weighted by Crippen LogP contribution is 2.10. The average Bonchev–Trinajstić information content (AvgIpc) is 1.99. The molecule has 5 heteroatoms. The fourth-order valence-corrected chi connectivity index (χ4v) is 2.25. The van der Waals surface area contributed by atoms with E-state index < -0.39 is 22.0 Å². The smallest absolute Gasteiger partial charge is 0.319 e. The van der Waals surface area contributed by atoms with Crippen LogP contribution in [0.2, 0.25) is 0 Å². The van der Waals surface area contributed by atoms with Gasteiger partial charge in [0.25, 0.3) is 0 Å². The van der Waals surface area contributed by atoms with Crippen LogP contribution in [0.4, 0.5) is 0 Å². The minimum absolute atomic E-state index is 0.00560. The topological polar surface area (TPSA) is 63.6 Å². The van der Waals surface area contributed by atoms with Gasteiger partial charge in [0.05, 0.1) is 10.8 Å². The molecule has 0 aromatic carbocycles. The fraction of sp³-hybridized carbons (Fsp3) is 0.875. The Kier molecular flexibility index (Phi) is 5.90. The number of ether oxygens (including phenoxy) is 1. The molecule has 2 atom stereocenters. The van der Waals surface area contributed by atoms with Gasteiger partial charge in [-0.05, 0) is 12.8 Å². The Bertz CT molecular complexity index is 191. The van der Waals surface area contributed by atoms with E-state index in [2.05, 4.69) is 0 Å². The average molecular weight is 208 g/mol. The molecule has 0 heterocycles. The summed E-state index contributed by atoms with van der Waals surface area (Å²) >= 11 is 0. The van der Waals surface area contributed by atoms with Crippen LogP contribution >= 0.6 is 0 Å². The molecule has 0 bridgehead atoms. The summed E-state index contributed by atoms with van der Waals surface area (Å²) in [7, 11) is -1.44. The molecule has 0 fully saturated rings. The first-order chi connectivity index (χ1) is 6.00. The van der Waals surface area contributed by atoms with E-state index in [9.17, 15) is 9.00 Å². The quantitative estimate of drug-likeness (QED) is 0.702. The van der Waals surface area contributed by atoms with Gasteiger partial charge in [-0.1, -0.05) is 13.8 Å². The Morgan fingerprint density at radius 3 is 2.38 bits per heavy atom. The van der Waals surface area contributed by atoms with E-state index >= 15 is 0 Å². The summed E-state index contributed by atoms with van der Waals surface area (Å²) in [6.07, 6.45) is 0. The van der Waals surface area contributed by atoms with Crippen LogP contribution in [0.15, 0.2) is 0 Å². The summed E-state index contributed by atoms with van der Waals surface area (Å²) in [5, 5.41) is 7.94. The maximum atomic E-state index is 11.4. The molecule has 1 N–H and O–H groups in total. The molecule has 0 saturated heterocycles. The van der Waals surface area contributed by atoms with Crippen LogP contribution in [0, 0.1) is 5.92 Å². The molecule has 0 saturated carbocycles. The van der Waals surface area contributed by atoms with Crippen LogP contribution in [0.5, 0.6) is 0 Å². The zero-order valence-corrected chi connectivity index (χ0v) is 8.97. The van der Waals surface area contributed by atoms with Gasteiger partial charge in [0.2, 0.25) is 0 Å². The molecule has 0 aromatic heterocycles. The number of rotatable bonds is 6.